The zero-order valence-electron chi connectivity index (χ0n) is 10.4. The molecule has 0 amide bonds. The second-order valence-corrected chi connectivity index (χ2v) is 4.94. The van der Waals surface area contributed by atoms with E-state index in [1.807, 2.05) is 29.1 Å². The molecular formula is C13H23IO3. The van der Waals surface area contributed by atoms with E-state index in [1.54, 1.807) is 6.26 Å². The van der Waals surface area contributed by atoms with Crippen LogP contribution in [0.15, 0.2) is 12.3 Å². The summed E-state index contributed by atoms with van der Waals surface area (Å²) in [6.07, 6.45) is 13.3. The topological polar surface area (TPSA) is 27.7 Å². The van der Waals surface area contributed by atoms with Gasteiger partial charge in [0.2, 0.25) is 0 Å². The van der Waals surface area contributed by atoms with Crippen molar-refractivity contribution in [3.05, 3.63) is 12.3 Å². The van der Waals surface area contributed by atoms with E-state index in [-0.39, 0.29) is 6.29 Å². The lowest BCUT2D eigenvalue weighted by atomic mass is 10.1. The smallest absolute Gasteiger partial charge is 0.199 e. The van der Waals surface area contributed by atoms with Crippen molar-refractivity contribution in [2.24, 2.45) is 0 Å². The number of halogens is 1. The van der Waals surface area contributed by atoms with E-state index < -0.39 is 0 Å². The fraction of sp³-hybridized carbons (Fsp3) is 0.846. The summed E-state index contributed by atoms with van der Waals surface area (Å²) in [6, 6.07) is 0. The van der Waals surface area contributed by atoms with Gasteiger partial charge in [0, 0.05) is 6.42 Å². The SMILES string of the molecule is IOCCCCCCCCOC1CCC=CO1. The molecule has 0 aromatic heterocycles. The van der Waals surface area contributed by atoms with E-state index in [0.717, 1.165) is 32.5 Å². The van der Waals surface area contributed by atoms with Crippen LogP contribution in [-0.2, 0) is 12.5 Å². The van der Waals surface area contributed by atoms with Gasteiger partial charge >= 0.3 is 0 Å². The standard InChI is InChI=1S/C13H23IO3/c14-17-12-7-4-2-1-3-6-10-15-13-9-5-8-11-16-13/h8,11,13H,1-7,9-10,12H2. The average Bonchev–Trinajstić information content (AvgIpc) is 2.38. The van der Waals surface area contributed by atoms with Crippen molar-refractivity contribution < 1.29 is 12.5 Å². The Morgan fingerprint density at radius 1 is 1.06 bits per heavy atom. The van der Waals surface area contributed by atoms with Gasteiger partial charge in [0.15, 0.2) is 6.29 Å². The maximum Gasteiger partial charge on any atom is 0.199 e. The highest BCUT2D eigenvalue weighted by Crippen LogP contribution is 2.12. The summed E-state index contributed by atoms with van der Waals surface area (Å²) in [4.78, 5) is 0. The Morgan fingerprint density at radius 3 is 2.41 bits per heavy atom. The summed E-state index contributed by atoms with van der Waals surface area (Å²) in [5.41, 5.74) is 0. The van der Waals surface area contributed by atoms with Crippen LogP contribution in [0.2, 0.25) is 0 Å². The third kappa shape index (κ3) is 8.85. The maximum atomic E-state index is 5.63. The lowest BCUT2D eigenvalue weighted by molar-refractivity contribution is -0.115. The molecule has 4 heteroatoms. The molecule has 100 valence electrons. The van der Waals surface area contributed by atoms with Crippen LogP contribution in [0.25, 0.3) is 0 Å². The normalized spacial score (nSPS) is 19.2. The van der Waals surface area contributed by atoms with E-state index in [2.05, 4.69) is 0 Å². The number of allylic oxidation sites excluding steroid dienone is 1. The van der Waals surface area contributed by atoms with Crippen molar-refractivity contribution in [3.63, 3.8) is 0 Å². The number of hydrogen-bond donors (Lipinski definition) is 0. The van der Waals surface area contributed by atoms with E-state index in [1.165, 1.54) is 32.1 Å². The molecule has 1 heterocycles. The van der Waals surface area contributed by atoms with Crippen LogP contribution >= 0.6 is 23.0 Å². The number of unbranched alkanes of at least 4 members (excludes halogenated alkanes) is 5. The number of ether oxygens (including phenoxy) is 2. The van der Waals surface area contributed by atoms with Crippen molar-refractivity contribution in [2.75, 3.05) is 13.2 Å². The lowest BCUT2D eigenvalue weighted by Gasteiger charge is -2.19. The molecule has 0 bridgehead atoms. The van der Waals surface area contributed by atoms with Gasteiger partial charge in [0.1, 0.15) is 23.0 Å². The first kappa shape index (κ1) is 15.2. The highest BCUT2D eigenvalue weighted by molar-refractivity contribution is 14.1. The predicted molar refractivity (Wildman–Crippen MR) is 76.9 cm³/mol. The van der Waals surface area contributed by atoms with Gasteiger partial charge in [-0.2, -0.15) is 0 Å². The summed E-state index contributed by atoms with van der Waals surface area (Å²) < 4.78 is 16.0. The lowest BCUT2D eigenvalue weighted by Crippen LogP contribution is -2.17. The predicted octanol–water partition coefficient (Wildman–Crippen LogP) is 4.36. The zero-order chi connectivity index (χ0) is 12.2. The molecular weight excluding hydrogens is 331 g/mol. The summed E-state index contributed by atoms with van der Waals surface area (Å²) in [5, 5.41) is 0. The molecule has 0 aromatic carbocycles. The molecule has 1 aliphatic heterocycles. The van der Waals surface area contributed by atoms with Crippen LogP contribution in [0.3, 0.4) is 0 Å². The monoisotopic (exact) mass is 354 g/mol. The van der Waals surface area contributed by atoms with Crippen LogP contribution in [0.5, 0.6) is 0 Å². The van der Waals surface area contributed by atoms with Gasteiger partial charge in [-0.05, 0) is 25.3 Å². The number of rotatable bonds is 10. The number of hydrogen-bond acceptors (Lipinski definition) is 3. The summed E-state index contributed by atoms with van der Waals surface area (Å²) in [5.74, 6) is 0. The highest BCUT2D eigenvalue weighted by Gasteiger charge is 2.09. The summed E-state index contributed by atoms with van der Waals surface area (Å²) in [7, 11) is 0. The Morgan fingerprint density at radius 2 is 1.76 bits per heavy atom. The van der Waals surface area contributed by atoms with Gasteiger partial charge in [-0.15, -0.1) is 0 Å². The Bertz CT molecular complexity index is 197. The maximum absolute atomic E-state index is 5.63. The fourth-order valence-corrected chi connectivity index (χ4v) is 2.13. The first-order valence-electron chi connectivity index (χ1n) is 6.59. The van der Waals surface area contributed by atoms with Gasteiger partial charge < -0.3 is 12.5 Å². The molecule has 1 atom stereocenters. The Balaban J connectivity index is 1.76. The molecule has 0 N–H and O–H groups in total. The summed E-state index contributed by atoms with van der Waals surface area (Å²) >= 11 is 1.95. The highest BCUT2D eigenvalue weighted by atomic mass is 127. The first-order valence-corrected chi connectivity index (χ1v) is 7.47. The van der Waals surface area contributed by atoms with Crippen LogP contribution in [0.1, 0.15) is 51.4 Å². The molecule has 0 radical (unpaired) electrons. The third-order valence-electron chi connectivity index (χ3n) is 2.82. The van der Waals surface area contributed by atoms with E-state index in [9.17, 15) is 0 Å². The van der Waals surface area contributed by atoms with Crippen LogP contribution in [-0.4, -0.2) is 19.5 Å². The molecule has 0 saturated carbocycles. The molecule has 0 fully saturated rings. The molecule has 0 saturated heterocycles. The largest absolute Gasteiger partial charge is 0.473 e. The van der Waals surface area contributed by atoms with Crippen molar-refractivity contribution in [1.82, 2.24) is 0 Å². The van der Waals surface area contributed by atoms with Gasteiger partial charge in [-0.3, -0.25) is 0 Å². The minimum Gasteiger partial charge on any atom is -0.473 e. The molecule has 17 heavy (non-hydrogen) atoms. The van der Waals surface area contributed by atoms with Crippen molar-refractivity contribution in [1.29, 1.82) is 0 Å². The zero-order valence-corrected chi connectivity index (χ0v) is 12.6. The first-order chi connectivity index (χ1) is 8.43. The molecule has 0 aromatic rings. The Kier molecular flexibility index (Phi) is 10.1. The van der Waals surface area contributed by atoms with Crippen molar-refractivity contribution in [3.8, 4) is 0 Å². The van der Waals surface area contributed by atoms with Gasteiger partial charge in [-0.25, -0.2) is 0 Å². The Labute approximate surface area is 119 Å². The van der Waals surface area contributed by atoms with Crippen LogP contribution in [0, 0.1) is 0 Å². The quantitative estimate of drug-likeness (QED) is 0.431. The Hall–Kier alpha value is 0.190. The fourth-order valence-electron chi connectivity index (χ4n) is 1.81. The van der Waals surface area contributed by atoms with Crippen molar-refractivity contribution >= 4 is 23.0 Å². The minimum atomic E-state index is 0.000743. The second kappa shape index (κ2) is 11.3. The van der Waals surface area contributed by atoms with Crippen molar-refractivity contribution in [2.45, 2.75) is 57.7 Å². The van der Waals surface area contributed by atoms with Crippen LogP contribution in [0.4, 0.5) is 0 Å². The summed E-state index contributed by atoms with van der Waals surface area (Å²) in [6.45, 7) is 1.71. The van der Waals surface area contributed by atoms with Crippen LogP contribution < -0.4 is 0 Å². The van der Waals surface area contributed by atoms with Gasteiger partial charge in [0.05, 0.1) is 19.5 Å². The van der Waals surface area contributed by atoms with Gasteiger partial charge in [-0.1, -0.05) is 25.7 Å². The average molecular weight is 354 g/mol. The molecule has 1 unspecified atom stereocenters. The van der Waals surface area contributed by atoms with E-state index in [0.29, 0.717) is 0 Å². The molecule has 0 spiro atoms. The second-order valence-electron chi connectivity index (χ2n) is 4.32. The van der Waals surface area contributed by atoms with E-state index in [4.69, 9.17) is 12.5 Å². The van der Waals surface area contributed by atoms with Gasteiger partial charge in [0.25, 0.3) is 0 Å². The minimum absolute atomic E-state index is 0.000743. The van der Waals surface area contributed by atoms with E-state index >= 15 is 0 Å². The molecule has 0 aliphatic carbocycles. The molecule has 3 nitrogen and oxygen atoms in total. The third-order valence-corrected chi connectivity index (χ3v) is 3.26. The molecule has 1 rings (SSSR count). The molecule has 1 aliphatic rings.